The summed E-state index contributed by atoms with van der Waals surface area (Å²) in [7, 11) is 3.03. The van der Waals surface area contributed by atoms with Crippen molar-refractivity contribution in [1.29, 1.82) is 0 Å². The minimum Gasteiger partial charge on any atom is -0.352 e. The zero-order chi connectivity index (χ0) is 7.98. The molecule has 0 spiro atoms. The third kappa shape index (κ3) is 4.23. The highest BCUT2D eigenvalue weighted by Crippen LogP contribution is 1.92. The van der Waals surface area contributed by atoms with Crippen LogP contribution >= 0.6 is 0 Å². The molecule has 3 nitrogen and oxygen atoms in total. The molecule has 0 aromatic carbocycles. The first kappa shape index (κ1) is 9.33. The summed E-state index contributed by atoms with van der Waals surface area (Å²) in [5.41, 5.74) is 0. The Morgan fingerprint density at radius 1 is 1.40 bits per heavy atom. The Morgan fingerprint density at radius 3 is 2.20 bits per heavy atom. The van der Waals surface area contributed by atoms with E-state index in [0.29, 0.717) is 0 Å². The van der Waals surface area contributed by atoms with E-state index in [0.717, 1.165) is 0 Å². The van der Waals surface area contributed by atoms with Crippen molar-refractivity contribution in [3.05, 3.63) is 12.2 Å². The molecule has 0 aliphatic rings. The average Bonchev–Trinajstić information content (AvgIpc) is 1.90. The Kier molecular flexibility index (Phi) is 4.80. The molecule has 58 valence electrons. The minimum absolute atomic E-state index is 0.0147. The van der Waals surface area contributed by atoms with Crippen molar-refractivity contribution >= 4 is 5.78 Å². The van der Waals surface area contributed by atoms with Gasteiger partial charge in [-0.25, -0.2) is 0 Å². The molecule has 0 N–H and O–H groups in total. The van der Waals surface area contributed by atoms with Crippen LogP contribution in [0.15, 0.2) is 12.2 Å². The molecule has 0 atom stereocenters. The van der Waals surface area contributed by atoms with Crippen molar-refractivity contribution < 1.29 is 14.3 Å². The summed E-state index contributed by atoms with van der Waals surface area (Å²) in [5.74, 6) is -0.0147. The monoisotopic (exact) mass is 144 g/mol. The van der Waals surface area contributed by atoms with Gasteiger partial charge >= 0.3 is 0 Å². The lowest BCUT2D eigenvalue weighted by atomic mass is 10.4. The summed E-state index contributed by atoms with van der Waals surface area (Å²) in [5, 5.41) is 0. The van der Waals surface area contributed by atoms with Crippen LogP contribution in [0.3, 0.4) is 0 Å². The number of rotatable bonds is 4. The van der Waals surface area contributed by atoms with Gasteiger partial charge < -0.3 is 9.47 Å². The Hall–Kier alpha value is -0.670. The first-order valence-electron chi connectivity index (χ1n) is 2.95. The van der Waals surface area contributed by atoms with Gasteiger partial charge in [0.2, 0.25) is 0 Å². The fourth-order valence-corrected chi connectivity index (χ4v) is 0.467. The molecule has 0 rings (SSSR count). The van der Waals surface area contributed by atoms with E-state index in [1.807, 2.05) is 0 Å². The van der Waals surface area contributed by atoms with E-state index in [1.54, 1.807) is 6.08 Å². The largest absolute Gasteiger partial charge is 0.352 e. The molecular weight excluding hydrogens is 132 g/mol. The smallest absolute Gasteiger partial charge is 0.176 e. The standard InChI is InChI=1S/C7H12O3/c1-6(8)4-5-7(9-2)10-3/h4-5,7H,1-3H3/b5-4-. The van der Waals surface area contributed by atoms with Gasteiger partial charge in [0.25, 0.3) is 0 Å². The SMILES string of the molecule is COC(/C=C\C(C)=O)OC. The Morgan fingerprint density at radius 2 is 1.90 bits per heavy atom. The van der Waals surface area contributed by atoms with Crippen LogP contribution in [0, 0.1) is 0 Å². The quantitative estimate of drug-likeness (QED) is 0.431. The van der Waals surface area contributed by atoms with Gasteiger partial charge in [-0.3, -0.25) is 4.79 Å². The summed E-state index contributed by atoms with van der Waals surface area (Å²) >= 11 is 0. The molecule has 0 unspecified atom stereocenters. The maximum absolute atomic E-state index is 10.4. The molecule has 0 bridgehead atoms. The number of hydrogen-bond donors (Lipinski definition) is 0. The second-order valence-electron chi connectivity index (χ2n) is 1.81. The molecule has 3 heteroatoms. The van der Waals surface area contributed by atoms with E-state index in [-0.39, 0.29) is 5.78 Å². The predicted octanol–water partition coefficient (Wildman–Crippen LogP) is 0.751. The van der Waals surface area contributed by atoms with Gasteiger partial charge in [-0.2, -0.15) is 0 Å². The highest BCUT2D eigenvalue weighted by molar-refractivity contribution is 5.87. The molecule has 0 radical (unpaired) electrons. The van der Waals surface area contributed by atoms with Crippen LogP contribution in [0.5, 0.6) is 0 Å². The van der Waals surface area contributed by atoms with Crippen LogP contribution in [0.2, 0.25) is 0 Å². The topological polar surface area (TPSA) is 35.5 Å². The Labute approximate surface area is 60.6 Å². The summed E-state index contributed by atoms with van der Waals surface area (Å²) in [6, 6.07) is 0. The van der Waals surface area contributed by atoms with Gasteiger partial charge in [-0.05, 0) is 19.1 Å². The van der Waals surface area contributed by atoms with E-state index in [4.69, 9.17) is 9.47 Å². The molecule has 0 heterocycles. The average molecular weight is 144 g/mol. The van der Waals surface area contributed by atoms with Crippen molar-refractivity contribution in [1.82, 2.24) is 0 Å². The number of ether oxygens (including phenoxy) is 2. The van der Waals surface area contributed by atoms with Crippen LogP contribution in [0.1, 0.15) is 6.92 Å². The number of carbonyl (C=O) groups excluding carboxylic acids is 1. The van der Waals surface area contributed by atoms with Crippen LogP contribution < -0.4 is 0 Å². The second kappa shape index (κ2) is 5.14. The third-order valence-corrected chi connectivity index (χ3v) is 0.953. The number of hydrogen-bond acceptors (Lipinski definition) is 3. The van der Waals surface area contributed by atoms with Crippen molar-refractivity contribution in [2.24, 2.45) is 0 Å². The third-order valence-electron chi connectivity index (χ3n) is 0.953. The van der Waals surface area contributed by atoms with E-state index in [1.165, 1.54) is 27.2 Å². The predicted molar refractivity (Wildman–Crippen MR) is 37.6 cm³/mol. The second-order valence-corrected chi connectivity index (χ2v) is 1.81. The maximum Gasteiger partial charge on any atom is 0.176 e. The Balaban J connectivity index is 3.72. The lowest BCUT2D eigenvalue weighted by Crippen LogP contribution is -2.09. The first-order valence-corrected chi connectivity index (χ1v) is 2.95. The lowest BCUT2D eigenvalue weighted by molar-refractivity contribution is -0.113. The van der Waals surface area contributed by atoms with E-state index >= 15 is 0 Å². The van der Waals surface area contributed by atoms with Crippen LogP contribution in [-0.2, 0) is 14.3 Å². The fourth-order valence-electron chi connectivity index (χ4n) is 0.467. The van der Waals surface area contributed by atoms with Gasteiger partial charge in [0, 0.05) is 14.2 Å². The summed E-state index contributed by atoms with van der Waals surface area (Å²) in [6.07, 6.45) is 2.56. The highest BCUT2D eigenvalue weighted by Gasteiger charge is 1.96. The molecule has 0 aromatic heterocycles. The van der Waals surface area contributed by atoms with Gasteiger partial charge in [0.05, 0.1) is 0 Å². The maximum atomic E-state index is 10.4. The minimum atomic E-state index is -0.413. The van der Waals surface area contributed by atoms with E-state index in [2.05, 4.69) is 0 Å². The van der Waals surface area contributed by atoms with Crippen molar-refractivity contribution in [2.45, 2.75) is 13.2 Å². The number of methoxy groups -OCH3 is 2. The van der Waals surface area contributed by atoms with E-state index in [9.17, 15) is 4.79 Å². The molecule has 0 saturated carbocycles. The zero-order valence-corrected chi connectivity index (χ0v) is 6.46. The van der Waals surface area contributed by atoms with Crippen LogP contribution in [0.25, 0.3) is 0 Å². The molecular formula is C7H12O3. The van der Waals surface area contributed by atoms with Gasteiger partial charge in [0.15, 0.2) is 12.1 Å². The van der Waals surface area contributed by atoms with Gasteiger partial charge in [-0.1, -0.05) is 0 Å². The molecule has 0 aromatic rings. The molecule has 0 amide bonds. The zero-order valence-electron chi connectivity index (χ0n) is 6.46. The van der Waals surface area contributed by atoms with Crippen LogP contribution in [0.4, 0.5) is 0 Å². The first-order chi connectivity index (χ1) is 4.70. The van der Waals surface area contributed by atoms with Gasteiger partial charge in [0.1, 0.15) is 0 Å². The normalized spacial score (nSPS) is 11.2. The lowest BCUT2D eigenvalue weighted by Gasteiger charge is -2.06. The molecule has 0 saturated heterocycles. The fraction of sp³-hybridized carbons (Fsp3) is 0.571. The van der Waals surface area contributed by atoms with Crippen molar-refractivity contribution in [3.8, 4) is 0 Å². The molecule has 0 aliphatic carbocycles. The number of carbonyl (C=O) groups is 1. The summed E-state index contributed by atoms with van der Waals surface area (Å²) in [4.78, 5) is 10.4. The number of allylic oxidation sites excluding steroid dienone is 1. The van der Waals surface area contributed by atoms with Gasteiger partial charge in [-0.15, -0.1) is 0 Å². The van der Waals surface area contributed by atoms with Crippen LogP contribution in [-0.4, -0.2) is 26.3 Å². The van der Waals surface area contributed by atoms with E-state index < -0.39 is 6.29 Å². The number of ketones is 1. The van der Waals surface area contributed by atoms with Crippen molar-refractivity contribution in [3.63, 3.8) is 0 Å². The summed E-state index contributed by atoms with van der Waals surface area (Å²) in [6.45, 7) is 1.47. The van der Waals surface area contributed by atoms with Crippen molar-refractivity contribution in [2.75, 3.05) is 14.2 Å². The summed E-state index contributed by atoms with van der Waals surface area (Å²) < 4.78 is 9.58. The molecule has 0 aliphatic heterocycles. The molecule has 10 heavy (non-hydrogen) atoms. The highest BCUT2D eigenvalue weighted by atomic mass is 16.7. The Bertz CT molecular complexity index is 125. The molecule has 0 fully saturated rings.